The maximum Gasteiger partial charge on any atom is 0.352 e. The van der Waals surface area contributed by atoms with Crippen LogP contribution in [0.3, 0.4) is 0 Å². The zero-order chi connectivity index (χ0) is 22.9. The van der Waals surface area contributed by atoms with Gasteiger partial charge in [0.2, 0.25) is 11.0 Å². The second-order valence-electron chi connectivity index (χ2n) is 6.62. The van der Waals surface area contributed by atoms with Crippen LogP contribution in [0.1, 0.15) is 24.2 Å². The Kier molecular flexibility index (Phi) is 6.72. The molecule has 1 aromatic carbocycles. The minimum Gasteiger partial charge on any atom is -0.477 e. The maximum atomic E-state index is 12.6. The molecule has 2 heterocycles. The number of amides is 1. The van der Waals surface area contributed by atoms with Crippen LogP contribution < -0.4 is 15.2 Å². The van der Waals surface area contributed by atoms with Gasteiger partial charge in [-0.2, -0.15) is 0 Å². The highest BCUT2D eigenvalue weighted by Gasteiger charge is 2.51. The molecular formula is C19H18N2O8S2. The van der Waals surface area contributed by atoms with Crippen LogP contribution in [0.5, 0.6) is 11.5 Å². The summed E-state index contributed by atoms with van der Waals surface area (Å²) in [7, 11) is 0. The number of benzene rings is 1. The van der Waals surface area contributed by atoms with Gasteiger partial charge in [0, 0.05) is 30.9 Å². The Labute approximate surface area is 185 Å². The van der Waals surface area contributed by atoms with Gasteiger partial charge in [0.1, 0.15) is 17.1 Å². The normalized spacial score (nSPS) is 20.0. The Bertz CT molecular complexity index is 1020. The van der Waals surface area contributed by atoms with Crippen LogP contribution >= 0.6 is 23.5 Å². The van der Waals surface area contributed by atoms with Gasteiger partial charge in [0.15, 0.2) is 11.5 Å². The van der Waals surface area contributed by atoms with E-state index in [-0.39, 0.29) is 28.5 Å². The Morgan fingerprint density at radius 2 is 1.84 bits per heavy atom. The van der Waals surface area contributed by atoms with E-state index in [1.807, 2.05) is 0 Å². The highest BCUT2D eigenvalue weighted by atomic mass is 32.2. The summed E-state index contributed by atoms with van der Waals surface area (Å²) in [5, 5.41) is 8.72. The van der Waals surface area contributed by atoms with Crippen molar-refractivity contribution in [2.75, 3.05) is 11.5 Å². The lowest BCUT2D eigenvalue weighted by Crippen LogP contribution is -2.68. The smallest absolute Gasteiger partial charge is 0.352 e. The van der Waals surface area contributed by atoms with E-state index in [1.54, 1.807) is 0 Å². The minimum absolute atomic E-state index is 0.0116. The molecule has 2 aliphatic heterocycles. The number of nitrogens with zero attached hydrogens (tertiary/aromatic N) is 1. The number of β-lactam (4-membered cyclic amide) rings is 1. The average Bonchev–Trinajstić information content (AvgIpc) is 2.70. The van der Waals surface area contributed by atoms with Gasteiger partial charge in [-0.3, -0.25) is 24.1 Å². The number of esters is 2. The van der Waals surface area contributed by atoms with E-state index >= 15 is 0 Å². The van der Waals surface area contributed by atoms with Crippen LogP contribution in [-0.2, 0) is 19.2 Å². The van der Waals surface area contributed by atoms with Crippen molar-refractivity contribution in [1.29, 1.82) is 0 Å². The number of carboxylic acids is 1. The number of hydrogen-bond acceptors (Lipinski definition) is 10. The van der Waals surface area contributed by atoms with Crippen LogP contribution in [-0.4, -0.2) is 61.9 Å². The first-order chi connectivity index (χ1) is 14.6. The molecule has 1 aromatic rings. The Hall–Kier alpha value is -2.83. The molecule has 0 spiro atoms. The first-order valence-electron chi connectivity index (χ1n) is 8.93. The molecule has 1 amide bonds. The largest absolute Gasteiger partial charge is 0.477 e. The summed E-state index contributed by atoms with van der Waals surface area (Å²) in [6.07, 6.45) is 0. The standard InChI is InChI=1S/C19H18N2O8S2/c1-8(22)28-12-4-3-10(5-13(12)29-9(2)23)19(27)31-7-11-6-30-17-14(20)16(24)21(17)15(11)18(25)26/h3-5,14,17H,6-7,20H2,1-2H3,(H,25,26)/t14-,17-/m1/s1. The third-order valence-electron chi connectivity index (χ3n) is 4.36. The summed E-state index contributed by atoms with van der Waals surface area (Å²) in [4.78, 5) is 60.0. The number of fused-ring (bicyclic) bond motifs is 1. The molecule has 2 atom stereocenters. The molecule has 1 fully saturated rings. The van der Waals surface area contributed by atoms with E-state index in [9.17, 15) is 29.1 Å². The molecule has 10 nitrogen and oxygen atoms in total. The fourth-order valence-electron chi connectivity index (χ4n) is 3.04. The molecule has 12 heteroatoms. The molecule has 0 aliphatic carbocycles. The van der Waals surface area contributed by atoms with Crippen LogP contribution in [0.4, 0.5) is 0 Å². The molecule has 1 saturated heterocycles. The lowest BCUT2D eigenvalue weighted by atomic mass is 10.0. The van der Waals surface area contributed by atoms with Crippen molar-refractivity contribution in [3.8, 4) is 11.5 Å². The van der Waals surface area contributed by atoms with Crippen LogP contribution in [0.2, 0.25) is 0 Å². The first kappa shape index (κ1) is 22.8. The fraction of sp³-hybridized carbons (Fsp3) is 0.316. The molecule has 2 aliphatic rings. The number of carbonyl (C=O) groups excluding carboxylic acids is 4. The molecular weight excluding hydrogens is 448 g/mol. The van der Waals surface area contributed by atoms with E-state index in [4.69, 9.17) is 15.2 Å². The molecule has 3 rings (SSSR count). The monoisotopic (exact) mass is 466 g/mol. The molecule has 164 valence electrons. The van der Waals surface area contributed by atoms with Crippen LogP contribution in [0.15, 0.2) is 29.5 Å². The molecule has 0 bridgehead atoms. The number of nitrogens with two attached hydrogens (primary N) is 1. The maximum absolute atomic E-state index is 12.6. The van der Waals surface area contributed by atoms with Crippen molar-refractivity contribution in [2.45, 2.75) is 25.3 Å². The Balaban J connectivity index is 1.78. The van der Waals surface area contributed by atoms with Crippen molar-refractivity contribution in [3.05, 3.63) is 35.0 Å². The van der Waals surface area contributed by atoms with E-state index in [1.165, 1.54) is 36.9 Å². The Morgan fingerprint density at radius 3 is 2.45 bits per heavy atom. The van der Waals surface area contributed by atoms with Crippen molar-refractivity contribution < 1.29 is 38.6 Å². The first-order valence-corrected chi connectivity index (χ1v) is 11.0. The van der Waals surface area contributed by atoms with E-state index in [2.05, 4.69) is 0 Å². The SMILES string of the molecule is CC(=O)Oc1ccc(C(=O)SCC2=C(C(=O)O)N3C(=O)[C@@H](N)[C@H]3SC2)cc1OC(C)=O. The van der Waals surface area contributed by atoms with Gasteiger partial charge in [-0.1, -0.05) is 11.8 Å². The molecule has 0 radical (unpaired) electrons. The van der Waals surface area contributed by atoms with E-state index in [0.717, 1.165) is 23.6 Å². The number of thioether (sulfide) groups is 2. The third kappa shape index (κ3) is 4.75. The summed E-state index contributed by atoms with van der Waals surface area (Å²) in [5.41, 5.74) is 6.18. The third-order valence-corrected chi connectivity index (χ3v) is 6.71. The summed E-state index contributed by atoms with van der Waals surface area (Å²) in [6, 6.07) is 3.27. The van der Waals surface area contributed by atoms with Crippen molar-refractivity contribution in [3.63, 3.8) is 0 Å². The average molecular weight is 466 g/mol. The van der Waals surface area contributed by atoms with Gasteiger partial charge >= 0.3 is 17.9 Å². The number of ether oxygens (including phenoxy) is 2. The van der Waals surface area contributed by atoms with Gasteiger partial charge in [0.25, 0.3) is 0 Å². The Morgan fingerprint density at radius 1 is 1.19 bits per heavy atom. The van der Waals surface area contributed by atoms with Crippen molar-refractivity contribution >= 4 is 52.5 Å². The summed E-state index contributed by atoms with van der Waals surface area (Å²) < 4.78 is 9.98. The van der Waals surface area contributed by atoms with Gasteiger partial charge in [-0.25, -0.2) is 4.79 Å². The molecule has 0 unspecified atom stereocenters. The second-order valence-corrected chi connectivity index (χ2v) is 8.67. The van der Waals surface area contributed by atoms with Crippen molar-refractivity contribution in [2.24, 2.45) is 5.73 Å². The summed E-state index contributed by atoms with van der Waals surface area (Å²) >= 11 is 2.19. The van der Waals surface area contributed by atoms with E-state index < -0.39 is 40.3 Å². The zero-order valence-electron chi connectivity index (χ0n) is 16.4. The van der Waals surface area contributed by atoms with Gasteiger partial charge < -0.3 is 20.3 Å². The highest BCUT2D eigenvalue weighted by Crippen LogP contribution is 2.40. The van der Waals surface area contributed by atoms with Crippen molar-refractivity contribution in [1.82, 2.24) is 4.90 Å². The lowest BCUT2D eigenvalue weighted by Gasteiger charge is -2.48. The summed E-state index contributed by atoms with van der Waals surface area (Å²) in [6.45, 7) is 2.35. The zero-order valence-corrected chi connectivity index (χ0v) is 18.1. The molecule has 3 N–H and O–H groups in total. The number of hydrogen-bond donors (Lipinski definition) is 2. The molecule has 31 heavy (non-hydrogen) atoms. The van der Waals surface area contributed by atoms with E-state index in [0.29, 0.717) is 11.3 Å². The summed E-state index contributed by atoms with van der Waals surface area (Å²) in [5.74, 6) is -2.72. The predicted octanol–water partition coefficient (Wildman–Crippen LogP) is 0.992. The molecule has 0 saturated carbocycles. The quantitative estimate of drug-likeness (QED) is 0.350. The molecule has 0 aromatic heterocycles. The number of carboxylic acid groups (broad SMARTS) is 1. The predicted molar refractivity (Wildman–Crippen MR) is 112 cm³/mol. The number of carbonyl (C=O) groups is 5. The minimum atomic E-state index is -1.25. The van der Waals surface area contributed by atoms with Crippen LogP contribution in [0.25, 0.3) is 0 Å². The number of rotatable bonds is 6. The highest BCUT2D eigenvalue weighted by molar-refractivity contribution is 8.14. The van der Waals surface area contributed by atoms with Gasteiger partial charge in [-0.05, 0) is 23.8 Å². The van der Waals surface area contributed by atoms with Gasteiger partial charge in [0.05, 0.1) is 0 Å². The number of aliphatic carboxylic acids is 1. The topological polar surface area (TPSA) is 153 Å². The van der Waals surface area contributed by atoms with Gasteiger partial charge in [-0.15, -0.1) is 11.8 Å². The second kappa shape index (κ2) is 9.12. The lowest BCUT2D eigenvalue weighted by molar-refractivity contribution is -0.147. The van der Waals surface area contributed by atoms with Crippen LogP contribution in [0, 0.1) is 0 Å². The fourth-order valence-corrected chi connectivity index (χ4v) is 5.30.